The molecule has 2 heterocycles. The first-order chi connectivity index (χ1) is 9.06. The molecule has 96 valence electrons. The van der Waals surface area contributed by atoms with Crippen molar-refractivity contribution in [3.63, 3.8) is 0 Å². The number of hydrogen-bond acceptors (Lipinski definition) is 5. The van der Waals surface area contributed by atoms with E-state index in [9.17, 15) is 4.79 Å². The molecule has 0 fully saturated rings. The Morgan fingerprint density at radius 3 is 2.84 bits per heavy atom. The average molecular weight is 274 g/mol. The number of carboxylic acids is 1. The van der Waals surface area contributed by atoms with E-state index >= 15 is 0 Å². The van der Waals surface area contributed by atoms with E-state index in [-0.39, 0.29) is 5.56 Å². The van der Waals surface area contributed by atoms with Crippen LogP contribution in [0.15, 0.2) is 18.2 Å². The van der Waals surface area contributed by atoms with Gasteiger partial charge in [-0.05, 0) is 36.7 Å². The summed E-state index contributed by atoms with van der Waals surface area (Å²) in [5.41, 5.74) is 1.75. The van der Waals surface area contributed by atoms with Crippen LogP contribution in [-0.2, 0) is 7.05 Å². The van der Waals surface area contributed by atoms with E-state index in [0.717, 1.165) is 21.6 Å². The predicted molar refractivity (Wildman–Crippen MR) is 71.3 cm³/mol. The fourth-order valence-electron chi connectivity index (χ4n) is 1.94. The molecule has 0 radical (unpaired) electrons. The minimum absolute atomic E-state index is 0.246. The lowest BCUT2D eigenvalue weighted by atomic mass is 10.1. The molecule has 0 unspecified atom stereocenters. The van der Waals surface area contributed by atoms with Crippen molar-refractivity contribution in [2.24, 2.45) is 7.05 Å². The molecule has 1 aromatic carbocycles. The Kier molecular flexibility index (Phi) is 2.56. The van der Waals surface area contributed by atoms with E-state index in [2.05, 4.69) is 14.5 Å². The van der Waals surface area contributed by atoms with Crippen LogP contribution >= 0.6 is 11.5 Å². The Morgan fingerprint density at radius 1 is 1.42 bits per heavy atom. The van der Waals surface area contributed by atoms with Gasteiger partial charge in [-0.3, -0.25) is 4.68 Å². The number of hydrogen-bond donors (Lipinski definition) is 1. The van der Waals surface area contributed by atoms with Crippen LogP contribution in [0.25, 0.3) is 21.6 Å². The molecular formula is C12H10N4O2S. The molecule has 7 heteroatoms. The van der Waals surface area contributed by atoms with Crippen LogP contribution in [0.1, 0.15) is 16.2 Å². The zero-order valence-corrected chi connectivity index (χ0v) is 11.1. The highest BCUT2D eigenvalue weighted by molar-refractivity contribution is 7.09. The number of rotatable bonds is 2. The summed E-state index contributed by atoms with van der Waals surface area (Å²) >= 11 is 1.29. The number of aromatic nitrogens is 4. The molecular weight excluding hydrogens is 264 g/mol. The zero-order valence-electron chi connectivity index (χ0n) is 10.3. The fourth-order valence-corrected chi connectivity index (χ4v) is 2.61. The van der Waals surface area contributed by atoms with Crippen LogP contribution in [0.5, 0.6) is 0 Å². The number of carbonyl (C=O) groups is 1. The first-order valence-electron chi connectivity index (χ1n) is 5.57. The predicted octanol–water partition coefficient (Wildman–Crippen LogP) is 2.10. The third-order valence-corrected chi connectivity index (χ3v) is 3.64. The first kappa shape index (κ1) is 11.8. The Labute approximate surface area is 112 Å². The molecule has 2 aromatic heterocycles. The Hall–Kier alpha value is -2.28. The van der Waals surface area contributed by atoms with Crippen LogP contribution in [0, 0.1) is 6.92 Å². The molecule has 0 aliphatic heterocycles. The van der Waals surface area contributed by atoms with Crippen molar-refractivity contribution in [2.75, 3.05) is 0 Å². The standard InChI is InChI=1S/C12H10N4O2S/c1-6-13-11(19-15-6)10-8-4-3-7(12(17)18)5-9(8)16(2)14-10/h3-5H,1-2H3,(H,17,18). The molecule has 1 N–H and O–H groups in total. The summed E-state index contributed by atoms with van der Waals surface area (Å²) in [4.78, 5) is 15.3. The van der Waals surface area contributed by atoms with Gasteiger partial charge in [-0.15, -0.1) is 0 Å². The summed E-state index contributed by atoms with van der Waals surface area (Å²) in [7, 11) is 1.78. The SMILES string of the molecule is Cc1nsc(-c2nn(C)c3cc(C(=O)O)ccc23)n1. The molecule has 6 nitrogen and oxygen atoms in total. The third kappa shape index (κ3) is 1.88. The van der Waals surface area contributed by atoms with Crippen molar-refractivity contribution in [3.8, 4) is 10.7 Å². The van der Waals surface area contributed by atoms with Crippen molar-refractivity contribution in [3.05, 3.63) is 29.6 Å². The van der Waals surface area contributed by atoms with Gasteiger partial charge in [0.2, 0.25) is 0 Å². The molecule has 3 aromatic rings. The Morgan fingerprint density at radius 2 is 2.21 bits per heavy atom. The van der Waals surface area contributed by atoms with Crippen LogP contribution in [0.4, 0.5) is 0 Å². The summed E-state index contributed by atoms with van der Waals surface area (Å²) < 4.78 is 5.80. The molecule has 0 aliphatic rings. The number of carboxylic acid groups (broad SMARTS) is 1. The summed E-state index contributed by atoms with van der Waals surface area (Å²) in [6.45, 7) is 1.83. The van der Waals surface area contributed by atoms with E-state index in [1.165, 1.54) is 11.5 Å². The second-order valence-corrected chi connectivity index (χ2v) is 4.91. The smallest absolute Gasteiger partial charge is 0.335 e. The highest BCUT2D eigenvalue weighted by atomic mass is 32.1. The molecule has 0 saturated heterocycles. The summed E-state index contributed by atoms with van der Waals surface area (Å²) in [6, 6.07) is 4.95. The van der Waals surface area contributed by atoms with Gasteiger partial charge in [0.1, 0.15) is 11.5 Å². The Balaban J connectivity index is 2.25. The van der Waals surface area contributed by atoms with Crippen molar-refractivity contribution in [1.82, 2.24) is 19.1 Å². The molecule has 0 bridgehead atoms. The largest absolute Gasteiger partial charge is 0.478 e. The van der Waals surface area contributed by atoms with E-state index < -0.39 is 5.97 Å². The molecule has 19 heavy (non-hydrogen) atoms. The minimum Gasteiger partial charge on any atom is -0.478 e. The van der Waals surface area contributed by atoms with Gasteiger partial charge in [-0.25, -0.2) is 9.78 Å². The molecule has 3 rings (SSSR count). The van der Waals surface area contributed by atoms with Gasteiger partial charge in [0.25, 0.3) is 0 Å². The van der Waals surface area contributed by atoms with Gasteiger partial charge >= 0.3 is 5.97 Å². The number of fused-ring (bicyclic) bond motifs is 1. The summed E-state index contributed by atoms with van der Waals surface area (Å²) in [6.07, 6.45) is 0. The fraction of sp³-hybridized carbons (Fsp3) is 0.167. The average Bonchev–Trinajstić information content (AvgIpc) is 2.94. The molecule has 0 saturated carbocycles. The Bertz CT molecular complexity index is 790. The molecule has 0 spiro atoms. The number of aryl methyl sites for hydroxylation is 2. The maximum absolute atomic E-state index is 11.0. The van der Waals surface area contributed by atoms with E-state index in [0.29, 0.717) is 5.82 Å². The molecule has 0 amide bonds. The van der Waals surface area contributed by atoms with Gasteiger partial charge in [0.15, 0.2) is 5.01 Å². The van der Waals surface area contributed by atoms with Crippen molar-refractivity contribution >= 4 is 28.4 Å². The third-order valence-electron chi connectivity index (χ3n) is 2.83. The van der Waals surface area contributed by atoms with Crippen LogP contribution < -0.4 is 0 Å². The second kappa shape index (κ2) is 4.13. The zero-order chi connectivity index (χ0) is 13.6. The quantitative estimate of drug-likeness (QED) is 0.774. The highest BCUT2D eigenvalue weighted by Crippen LogP contribution is 2.29. The summed E-state index contributed by atoms with van der Waals surface area (Å²) in [5, 5.41) is 15.0. The van der Waals surface area contributed by atoms with Gasteiger partial charge in [0, 0.05) is 12.4 Å². The van der Waals surface area contributed by atoms with Gasteiger partial charge < -0.3 is 5.11 Å². The maximum Gasteiger partial charge on any atom is 0.335 e. The van der Waals surface area contributed by atoms with Gasteiger partial charge in [-0.1, -0.05) is 0 Å². The first-order valence-corrected chi connectivity index (χ1v) is 6.34. The van der Waals surface area contributed by atoms with Crippen molar-refractivity contribution < 1.29 is 9.90 Å². The lowest BCUT2D eigenvalue weighted by molar-refractivity contribution is 0.0697. The summed E-state index contributed by atoms with van der Waals surface area (Å²) in [5.74, 6) is -0.239. The normalized spacial score (nSPS) is 11.1. The van der Waals surface area contributed by atoms with E-state index in [1.807, 2.05) is 6.92 Å². The lowest BCUT2D eigenvalue weighted by Gasteiger charge is -1.96. The van der Waals surface area contributed by atoms with Crippen LogP contribution in [-0.4, -0.2) is 30.2 Å². The van der Waals surface area contributed by atoms with Crippen LogP contribution in [0.3, 0.4) is 0 Å². The van der Waals surface area contributed by atoms with Gasteiger partial charge in [0.05, 0.1) is 11.1 Å². The van der Waals surface area contributed by atoms with Crippen LogP contribution in [0.2, 0.25) is 0 Å². The van der Waals surface area contributed by atoms with Crippen molar-refractivity contribution in [1.29, 1.82) is 0 Å². The maximum atomic E-state index is 11.0. The molecule has 0 atom stereocenters. The minimum atomic E-state index is -0.948. The molecule has 0 aliphatic carbocycles. The van der Waals surface area contributed by atoms with Crippen molar-refractivity contribution in [2.45, 2.75) is 6.92 Å². The topological polar surface area (TPSA) is 80.9 Å². The number of nitrogens with zero attached hydrogens (tertiary/aromatic N) is 4. The van der Waals surface area contributed by atoms with Gasteiger partial charge in [-0.2, -0.15) is 9.47 Å². The van der Waals surface area contributed by atoms with E-state index in [4.69, 9.17) is 5.11 Å². The highest BCUT2D eigenvalue weighted by Gasteiger charge is 2.15. The number of benzene rings is 1. The number of aromatic carboxylic acids is 1. The van der Waals surface area contributed by atoms with E-state index in [1.54, 1.807) is 29.9 Å². The lowest BCUT2D eigenvalue weighted by Crippen LogP contribution is -1.96. The monoisotopic (exact) mass is 274 g/mol. The second-order valence-electron chi connectivity index (χ2n) is 4.16.